The van der Waals surface area contributed by atoms with Crippen molar-refractivity contribution in [3.8, 4) is 0 Å². The maximum atomic E-state index is 12.1. The van der Waals surface area contributed by atoms with Crippen LogP contribution in [0.5, 0.6) is 0 Å². The van der Waals surface area contributed by atoms with Crippen molar-refractivity contribution in [2.24, 2.45) is 0 Å². The maximum Gasteiger partial charge on any atom is 0.251 e. The molecule has 0 heterocycles. The minimum atomic E-state index is 0.0526. The molecule has 1 N–H and O–H groups in total. The number of carbonyl (C=O) groups excluding carboxylic acids is 1. The molecule has 136 valence electrons. The number of carbonyl (C=O) groups is 1. The monoisotopic (exact) mass is 368 g/mol. The smallest absolute Gasteiger partial charge is 0.251 e. The predicted molar refractivity (Wildman–Crippen MR) is 106 cm³/mol. The van der Waals surface area contributed by atoms with Gasteiger partial charge in [0.05, 0.1) is 0 Å². The molecule has 0 unspecified atom stereocenters. The summed E-state index contributed by atoms with van der Waals surface area (Å²) in [5.41, 5.74) is 3.24. The van der Waals surface area contributed by atoms with E-state index in [9.17, 15) is 4.79 Å². The van der Waals surface area contributed by atoms with Gasteiger partial charge >= 0.3 is 0 Å². The van der Waals surface area contributed by atoms with E-state index in [0.29, 0.717) is 12.1 Å². The molecule has 0 aromatic heterocycles. The minimum absolute atomic E-state index is 0.0526. The third kappa shape index (κ3) is 4.66. The van der Waals surface area contributed by atoms with Crippen molar-refractivity contribution in [2.75, 3.05) is 6.54 Å². The fraction of sp³-hybridized carbons (Fsp3) is 0.409. The molecule has 26 heavy (non-hydrogen) atoms. The molecule has 2 aromatic carbocycles. The van der Waals surface area contributed by atoms with E-state index in [-0.39, 0.29) is 5.91 Å². The van der Waals surface area contributed by atoms with Gasteiger partial charge in [0.2, 0.25) is 0 Å². The molecule has 1 amide bonds. The molecule has 0 spiro atoms. The normalized spacial score (nSPS) is 16.7. The summed E-state index contributed by atoms with van der Waals surface area (Å²) in [6, 6.07) is 17.3. The van der Waals surface area contributed by atoms with Crippen LogP contribution in [0.4, 0.5) is 0 Å². The second-order valence-electron chi connectivity index (χ2n) is 7.49. The highest BCUT2D eigenvalue weighted by Gasteiger charge is 2.29. The van der Waals surface area contributed by atoms with Crippen molar-refractivity contribution < 1.29 is 4.79 Å². The Morgan fingerprint density at radius 3 is 2.42 bits per heavy atom. The molecule has 0 bridgehead atoms. The Hall–Kier alpha value is -1.84. The molecule has 2 saturated carbocycles. The number of nitrogens with zero attached hydrogens (tertiary/aromatic N) is 1. The zero-order chi connectivity index (χ0) is 17.9. The summed E-state index contributed by atoms with van der Waals surface area (Å²) >= 11 is 6.29. The van der Waals surface area contributed by atoms with Gasteiger partial charge in [-0.3, -0.25) is 9.69 Å². The Balaban J connectivity index is 1.35. The van der Waals surface area contributed by atoms with Crippen LogP contribution in [0, 0.1) is 0 Å². The Kier molecular flexibility index (Phi) is 5.28. The van der Waals surface area contributed by atoms with Crippen molar-refractivity contribution >= 4 is 17.5 Å². The van der Waals surface area contributed by atoms with Gasteiger partial charge < -0.3 is 5.32 Å². The topological polar surface area (TPSA) is 32.3 Å². The lowest BCUT2D eigenvalue weighted by Crippen LogP contribution is -2.28. The first kappa shape index (κ1) is 17.6. The first-order chi connectivity index (χ1) is 12.7. The van der Waals surface area contributed by atoms with Crippen LogP contribution in [0.25, 0.3) is 0 Å². The van der Waals surface area contributed by atoms with E-state index in [1.165, 1.54) is 24.0 Å². The number of halogens is 1. The number of hydrogen-bond acceptors (Lipinski definition) is 2. The highest BCUT2D eigenvalue weighted by molar-refractivity contribution is 6.31. The Morgan fingerprint density at radius 1 is 1.04 bits per heavy atom. The van der Waals surface area contributed by atoms with Gasteiger partial charge in [0.1, 0.15) is 0 Å². The van der Waals surface area contributed by atoms with Crippen molar-refractivity contribution in [1.29, 1.82) is 0 Å². The first-order valence-corrected chi connectivity index (χ1v) is 9.94. The lowest BCUT2D eigenvalue weighted by atomic mass is 10.1. The number of rotatable bonds is 8. The van der Waals surface area contributed by atoms with Crippen LogP contribution in [-0.2, 0) is 13.0 Å². The number of benzene rings is 2. The van der Waals surface area contributed by atoms with E-state index in [1.54, 1.807) is 0 Å². The second kappa shape index (κ2) is 7.81. The minimum Gasteiger partial charge on any atom is -0.349 e. The molecular formula is C22H25ClN2O. The maximum absolute atomic E-state index is 12.1. The summed E-state index contributed by atoms with van der Waals surface area (Å²) in [6.07, 6.45) is 5.77. The van der Waals surface area contributed by atoms with Gasteiger partial charge in [-0.2, -0.15) is 0 Å². The van der Waals surface area contributed by atoms with Gasteiger partial charge in [-0.15, -0.1) is 0 Å². The zero-order valence-electron chi connectivity index (χ0n) is 15.0. The number of nitrogens with one attached hydrogen (secondary N) is 1. The summed E-state index contributed by atoms with van der Waals surface area (Å²) in [6.45, 7) is 1.94. The molecule has 4 rings (SSSR count). The first-order valence-electron chi connectivity index (χ1n) is 9.56. The third-order valence-electron chi connectivity index (χ3n) is 5.20. The average molecular weight is 369 g/mol. The third-order valence-corrected chi connectivity index (χ3v) is 5.57. The summed E-state index contributed by atoms with van der Waals surface area (Å²) in [4.78, 5) is 14.6. The second-order valence-corrected chi connectivity index (χ2v) is 7.89. The van der Waals surface area contributed by atoms with Crippen LogP contribution in [-0.4, -0.2) is 29.4 Å². The molecule has 0 radical (unpaired) electrons. The van der Waals surface area contributed by atoms with E-state index in [4.69, 9.17) is 11.6 Å². The highest BCUT2D eigenvalue weighted by atomic mass is 35.5. The summed E-state index contributed by atoms with van der Waals surface area (Å²) in [5, 5.41) is 3.90. The van der Waals surface area contributed by atoms with Crippen LogP contribution in [0.15, 0.2) is 48.5 Å². The zero-order valence-corrected chi connectivity index (χ0v) is 15.7. The number of hydrogen-bond donors (Lipinski definition) is 1. The van der Waals surface area contributed by atoms with Gasteiger partial charge in [-0.05, 0) is 61.4 Å². The summed E-state index contributed by atoms with van der Waals surface area (Å²) in [5.74, 6) is 0.0526. The molecule has 2 fully saturated rings. The molecule has 0 saturated heterocycles. The van der Waals surface area contributed by atoms with Crippen molar-refractivity contribution in [2.45, 2.75) is 50.7 Å². The SMILES string of the molecule is O=C(NC1CC1)c1ccc(CN(CCc2ccccc2Cl)C2CC2)cc1. The van der Waals surface area contributed by atoms with Gasteiger partial charge in [-0.25, -0.2) is 0 Å². The van der Waals surface area contributed by atoms with E-state index >= 15 is 0 Å². The molecule has 3 nitrogen and oxygen atoms in total. The Morgan fingerprint density at radius 2 is 1.77 bits per heavy atom. The fourth-order valence-corrected chi connectivity index (χ4v) is 3.52. The van der Waals surface area contributed by atoms with Crippen LogP contribution in [0.2, 0.25) is 5.02 Å². The Labute approximate surface area is 160 Å². The van der Waals surface area contributed by atoms with Crippen LogP contribution < -0.4 is 5.32 Å². The molecule has 4 heteroatoms. The molecule has 0 atom stereocenters. The standard InChI is InChI=1S/C22H25ClN2O/c23-21-4-2-1-3-17(21)13-14-25(20-11-12-20)15-16-5-7-18(8-6-16)22(26)24-19-9-10-19/h1-8,19-20H,9-15H2,(H,24,26). The van der Waals surface area contributed by atoms with Crippen LogP contribution in [0.1, 0.15) is 47.2 Å². The van der Waals surface area contributed by atoms with Crippen molar-refractivity contribution in [3.63, 3.8) is 0 Å². The highest BCUT2D eigenvalue weighted by Crippen LogP contribution is 2.29. The Bertz CT molecular complexity index is 766. The van der Waals surface area contributed by atoms with E-state index in [2.05, 4.69) is 28.4 Å². The largest absolute Gasteiger partial charge is 0.349 e. The van der Waals surface area contributed by atoms with Gasteiger partial charge in [0, 0.05) is 35.8 Å². The molecule has 2 aliphatic carbocycles. The van der Waals surface area contributed by atoms with Crippen LogP contribution in [0.3, 0.4) is 0 Å². The lowest BCUT2D eigenvalue weighted by Gasteiger charge is -2.22. The van der Waals surface area contributed by atoms with E-state index in [0.717, 1.165) is 42.9 Å². The average Bonchev–Trinajstić information content (AvgIpc) is 3.54. The van der Waals surface area contributed by atoms with E-state index in [1.807, 2.05) is 30.3 Å². The molecule has 2 aromatic rings. The number of amides is 1. The van der Waals surface area contributed by atoms with Crippen LogP contribution >= 0.6 is 11.6 Å². The van der Waals surface area contributed by atoms with Crippen molar-refractivity contribution in [3.05, 3.63) is 70.2 Å². The van der Waals surface area contributed by atoms with Gasteiger partial charge in [0.25, 0.3) is 5.91 Å². The van der Waals surface area contributed by atoms with Gasteiger partial charge in [0.15, 0.2) is 0 Å². The quantitative estimate of drug-likeness (QED) is 0.747. The molecular weight excluding hydrogens is 344 g/mol. The van der Waals surface area contributed by atoms with Crippen molar-refractivity contribution in [1.82, 2.24) is 10.2 Å². The molecule has 0 aliphatic heterocycles. The summed E-state index contributed by atoms with van der Waals surface area (Å²) < 4.78 is 0. The summed E-state index contributed by atoms with van der Waals surface area (Å²) in [7, 11) is 0. The van der Waals surface area contributed by atoms with Gasteiger partial charge in [-0.1, -0.05) is 41.9 Å². The van der Waals surface area contributed by atoms with E-state index < -0.39 is 0 Å². The lowest BCUT2D eigenvalue weighted by molar-refractivity contribution is 0.0951. The predicted octanol–water partition coefficient (Wildman–Crippen LogP) is 4.44. The fourth-order valence-electron chi connectivity index (χ4n) is 3.29. The molecule has 2 aliphatic rings.